The predicted octanol–water partition coefficient (Wildman–Crippen LogP) is 2.75. The molecule has 82 valence electrons. The largest absolute Gasteiger partial charge is 0.399 e. The second-order valence-corrected chi connectivity index (χ2v) is 4.94. The summed E-state index contributed by atoms with van der Waals surface area (Å²) in [5.41, 5.74) is 7.84. The molecule has 1 fully saturated rings. The molecular formula is C13H20N2. The predicted molar refractivity (Wildman–Crippen MR) is 66.0 cm³/mol. The smallest absolute Gasteiger partial charge is 0.0367 e. The normalized spacial score (nSPS) is 26.7. The number of rotatable bonds is 1. The fourth-order valence-electron chi connectivity index (χ4n) is 2.56. The van der Waals surface area contributed by atoms with Gasteiger partial charge in [-0.2, -0.15) is 0 Å². The minimum Gasteiger partial charge on any atom is -0.399 e. The minimum atomic E-state index is 0.798. The van der Waals surface area contributed by atoms with Gasteiger partial charge in [-0.05, 0) is 42.5 Å². The van der Waals surface area contributed by atoms with E-state index in [1.807, 2.05) is 12.1 Å². The highest BCUT2D eigenvalue weighted by atomic mass is 15.1. The molecule has 2 unspecified atom stereocenters. The average molecular weight is 204 g/mol. The summed E-state index contributed by atoms with van der Waals surface area (Å²) in [7, 11) is 0. The van der Waals surface area contributed by atoms with Crippen LogP contribution in [-0.4, -0.2) is 13.1 Å². The zero-order valence-corrected chi connectivity index (χ0v) is 9.61. The van der Waals surface area contributed by atoms with Gasteiger partial charge in [0, 0.05) is 24.5 Å². The van der Waals surface area contributed by atoms with Crippen LogP contribution < -0.4 is 10.6 Å². The minimum absolute atomic E-state index is 0.798. The monoisotopic (exact) mass is 204 g/mol. The number of nitrogens with two attached hydrogens (primary N) is 1. The van der Waals surface area contributed by atoms with E-state index in [1.54, 1.807) is 0 Å². The van der Waals surface area contributed by atoms with E-state index in [9.17, 15) is 0 Å². The molecule has 2 N–H and O–H groups in total. The van der Waals surface area contributed by atoms with Crippen molar-refractivity contribution in [3.05, 3.63) is 24.3 Å². The third kappa shape index (κ3) is 2.44. The van der Waals surface area contributed by atoms with Crippen LogP contribution in [0, 0.1) is 11.8 Å². The Morgan fingerprint density at radius 2 is 1.60 bits per heavy atom. The van der Waals surface area contributed by atoms with E-state index >= 15 is 0 Å². The highest BCUT2D eigenvalue weighted by Crippen LogP contribution is 2.26. The van der Waals surface area contributed by atoms with Crippen LogP contribution in [0.15, 0.2) is 24.3 Å². The molecular weight excluding hydrogens is 184 g/mol. The Morgan fingerprint density at radius 1 is 1.07 bits per heavy atom. The first kappa shape index (κ1) is 10.3. The van der Waals surface area contributed by atoms with E-state index in [0.717, 1.165) is 17.5 Å². The third-order valence-corrected chi connectivity index (χ3v) is 3.13. The lowest BCUT2D eigenvalue weighted by atomic mass is 9.91. The molecule has 0 amide bonds. The fraction of sp³-hybridized carbons (Fsp3) is 0.538. The van der Waals surface area contributed by atoms with Crippen molar-refractivity contribution in [1.82, 2.24) is 0 Å². The highest BCUT2D eigenvalue weighted by molar-refractivity contribution is 5.53. The van der Waals surface area contributed by atoms with Crippen molar-refractivity contribution in [2.45, 2.75) is 20.3 Å². The summed E-state index contributed by atoms with van der Waals surface area (Å²) in [6.45, 7) is 7.02. The molecule has 2 nitrogen and oxygen atoms in total. The summed E-state index contributed by atoms with van der Waals surface area (Å²) in [6.07, 6.45) is 1.35. The quantitative estimate of drug-likeness (QED) is 0.713. The van der Waals surface area contributed by atoms with Gasteiger partial charge in [0.25, 0.3) is 0 Å². The topological polar surface area (TPSA) is 29.3 Å². The second-order valence-electron chi connectivity index (χ2n) is 4.94. The maximum Gasteiger partial charge on any atom is 0.0367 e. The lowest BCUT2D eigenvalue weighted by Crippen LogP contribution is -2.38. The summed E-state index contributed by atoms with van der Waals surface area (Å²) in [5, 5.41) is 0. The van der Waals surface area contributed by atoms with Gasteiger partial charge in [-0.25, -0.2) is 0 Å². The lowest BCUT2D eigenvalue weighted by Gasteiger charge is -2.36. The summed E-state index contributed by atoms with van der Waals surface area (Å²) >= 11 is 0. The SMILES string of the molecule is CC1CC(C)CN(c2ccc(N)cc2)C1. The van der Waals surface area contributed by atoms with E-state index in [2.05, 4.69) is 30.9 Å². The molecule has 1 heterocycles. The van der Waals surface area contributed by atoms with Crippen molar-refractivity contribution >= 4 is 11.4 Å². The Hall–Kier alpha value is -1.18. The Balaban J connectivity index is 2.12. The van der Waals surface area contributed by atoms with Gasteiger partial charge in [0.1, 0.15) is 0 Å². The van der Waals surface area contributed by atoms with Crippen LogP contribution in [-0.2, 0) is 0 Å². The van der Waals surface area contributed by atoms with Crippen LogP contribution in [0.2, 0.25) is 0 Å². The van der Waals surface area contributed by atoms with E-state index in [1.165, 1.54) is 25.2 Å². The molecule has 0 saturated carbocycles. The van der Waals surface area contributed by atoms with Gasteiger partial charge in [-0.15, -0.1) is 0 Å². The molecule has 0 radical (unpaired) electrons. The number of anilines is 2. The fourth-order valence-corrected chi connectivity index (χ4v) is 2.56. The average Bonchev–Trinajstić information content (AvgIpc) is 2.17. The first-order valence-electron chi connectivity index (χ1n) is 5.75. The van der Waals surface area contributed by atoms with Gasteiger partial charge in [-0.1, -0.05) is 13.8 Å². The van der Waals surface area contributed by atoms with Crippen molar-refractivity contribution in [1.29, 1.82) is 0 Å². The standard InChI is InChI=1S/C13H20N2/c1-10-7-11(2)9-15(8-10)13-5-3-12(14)4-6-13/h3-6,10-11H,7-9,14H2,1-2H3. The second kappa shape index (κ2) is 4.13. The summed E-state index contributed by atoms with van der Waals surface area (Å²) < 4.78 is 0. The van der Waals surface area contributed by atoms with Crippen molar-refractivity contribution in [2.24, 2.45) is 11.8 Å². The highest BCUT2D eigenvalue weighted by Gasteiger charge is 2.21. The Kier molecular flexibility index (Phi) is 2.85. The molecule has 0 aliphatic carbocycles. The first-order chi connectivity index (χ1) is 7.15. The van der Waals surface area contributed by atoms with E-state index in [4.69, 9.17) is 5.73 Å². The zero-order chi connectivity index (χ0) is 10.8. The maximum absolute atomic E-state index is 5.69. The van der Waals surface area contributed by atoms with Crippen LogP contribution in [0.4, 0.5) is 11.4 Å². The molecule has 2 rings (SSSR count). The van der Waals surface area contributed by atoms with Crippen LogP contribution in [0.3, 0.4) is 0 Å². The lowest BCUT2D eigenvalue weighted by molar-refractivity contribution is 0.357. The molecule has 2 heteroatoms. The van der Waals surface area contributed by atoms with E-state index < -0.39 is 0 Å². The summed E-state index contributed by atoms with van der Waals surface area (Å²) in [6, 6.07) is 8.22. The molecule has 1 saturated heterocycles. The van der Waals surface area contributed by atoms with Crippen molar-refractivity contribution in [2.75, 3.05) is 23.7 Å². The Labute approximate surface area is 92.1 Å². The van der Waals surface area contributed by atoms with Gasteiger partial charge < -0.3 is 10.6 Å². The van der Waals surface area contributed by atoms with Gasteiger partial charge in [0.2, 0.25) is 0 Å². The van der Waals surface area contributed by atoms with Gasteiger partial charge >= 0.3 is 0 Å². The molecule has 0 aromatic heterocycles. The Morgan fingerprint density at radius 3 is 2.13 bits per heavy atom. The molecule has 1 aliphatic rings. The molecule has 0 bridgehead atoms. The third-order valence-electron chi connectivity index (χ3n) is 3.13. The van der Waals surface area contributed by atoms with Crippen LogP contribution in [0.25, 0.3) is 0 Å². The number of hydrogen-bond donors (Lipinski definition) is 1. The number of nitrogen functional groups attached to an aromatic ring is 1. The van der Waals surface area contributed by atoms with Crippen molar-refractivity contribution in [3.8, 4) is 0 Å². The number of hydrogen-bond acceptors (Lipinski definition) is 2. The molecule has 1 aliphatic heterocycles. The number of nitrogens with zero attached hydrogens (tertiary/aromatic N) is 1. The molecule has 1 aromatic carbocycles. The van der Waals surface area contributed by atoms with Crippen LogP contribution in [0.5, 0.6) is 0 Å². The molecule has 0 spiro atoms. The van der Waals surface area contributed by atoms with Gasteiger partial charge in [-0.3, -0.25) is 0 Å². The number of benzene rings is 1. The van der Waals surface area contributed by atoms with Gasteiger partial charge in [0.15, 0.2) is 0 Å². The summed E-state index contributed by atoms with van der Waals surface area (Å²) in [4.78, 5) is 2.47. The van der Waals surface area contributed by atoms with E-state index in [-0.39, 0.29) is 0 Å². The summed E-state index contributed by atoms with van der Waals surface area (Å²) in [5.74, 6) is 1.60. The molecule has 1 aromatic rings. The Bertz CT molecular complexity index is 308. The first-order valence-corrected chi connectivity index (χ1v) is 5.75. The van der Waals surface area contributed by atoms with Crippen LogP contribution >= 0.6 is 0 Å². The number of piperidine rings is 1. The maximum atomic E-state index is 5.69. The molecule has 15 heavy (non-hydrogen) atoms. The van der Waals surface area contributed by atoms with E-state index in [0.29, 0.717) is 0 Å². The zero-order valence-electron chi connectivity index (χ0n) is 9.61. The van der Waals surface area contributed by atoms with Crippen molar-refractivity contribution < 1.29 is 0 Å². The van der Waals surface area contributed by atoms with Crippen LogP contribution in [0.1, 0.15) is 20.3 Å². The molecule has 2 atom stereocenters. The van der Waals surface area contributed by atoms with Gasteiger partial charge in [0.05, 0.1) is 0 Å². The van der Waals surface area contributed by atoms with Crippen molar-refractivity contribution in [3.63, 3.8) is 0 Å².